The smallest absolute Gasteiger partial charge is 0.206 e. The SMILES string of the molecule is N#CN=C1c2ccccc2C(=NC#N)c2nc3c4cccnc4c4ncccc4c3nc21. The Labute approximate surface area is 180 Å². The maximum Gasteiger partial charge on any atom is 0.206 e. The number of pyridine rings is 2. The number of nitrogens with zero attached hydrogens (tertiary/aromatic N) is 8. The van der Waals surface area contributed by atoms with Crippen molar-refractivity contribution in [1.82, 2.24) is 19.9 Å². The molecule has 0 radical (unpaired) electrons. The average Bonchev–Trinajstić information content (AvgIpc) is 2.85. The van der Waals surface area contributed by atoms with Crippen molar-refractivity contribution in [1.29, 1.82) is 10.5 Å². The summed E-state index contributed by atoms with van der Waals surface area (Å²) in [5.41, 5.74) is 5.61. The van der Waals surface area contributed by atoms with Gasteiger partial charge in [0.25, 0.3) is 0 Å². The van der Waals surface area contributed by atoms with E-state index in [-0.39, 0.29) is 0 Å². The van der Waals surface area contributed by atoms with E-state index >= 15 is 0 Å². The van der Waals surface area contributed by atoms with E-state index in [2.05, 4.69) is 20.0 Å². The zero-order valence-electron chi connectivity index (χ0n) is 16.4. The third-order valence-corrected chi connectivity index (χ3v) is 5.46. The molecule has 3 aromatic heterocycles. The van der Waals surface area contributed by atoms with Crippen LogP contribution in [0.3, 0.4) is 0 Å². The molecular formula is C24H10N8. The van der Waals surface area contributed by atoms with Crippen LogP contribution in [0.1, 0.15) is 22.5 Å². The van der Waals surface area contributed by atoms with E-state index in [0.29, 0.717) is 56.0 Å². The molecule has 2 aromatic carbocycles. The Balaban J connectivity index is 1.85. The quantitative estimate of drug-likeness (QED) is 0.278. The number of hydrogen-bond acceptors (Lipinski definition) is 8. The van der Waals surface area contributed by atoms with Gasteiger partial charge < -0.3 is 0 Å². The fourth-order valence-electron chi connectivity index (χ4n) is 4.19. The predicted octanol–water partition coefficient (Wildman–Crippen LogP) is 3.68. The second-order valence-electron chi connectivity index (χ2n) is 7.08. The van der Waals surface area contributed by atoms with Crippen LogP contribution >= 0.6 is 0 Å². The lowest BCUT2D eigenvalue weighted by molar-refractivity contribution is 1.21. The van der Waals surface area contributed by atoms with Gasteiger partial charge in [-0.3, -0.25) is 9.97 Å². The second kappa shape index (κ2) is 6.73. The van der Waals surface area contributed by atoms with Crippen LogP contribution in [0.4, 0.5) is 0 Å². The summed E-state index contributed by atoms with van der Waals surface area (Å²) in [6.07, 6.45) is 7.17. The molecule has 0 aliphatic heterocycles. The Kier molecular flexibility index (Phi) is 3.73. The Morgan fingerprint density at radius 2 is 1.06 bits per heavy atom. The summed E-state index contributed by atoms with van der Waals surface area (Å²) in [6, 6.07) is 14.8. The first-order chi connectivity index (χ1) is 15.8. The first kappa shape index (κ1) is 17.8. The first-order valence-electron chi connectivity index (χ1n) is 9.69. The van der Waals surface area contributed by atoms with Crippen molar-refractivity contribution in [3.8, 4) is 12.4 Å². The highest BCUT2D eigenvalue weighted by molar-refractivity contribution is 6.32. The molecule has 0 N–H and O–H groups in total. The normalized spacial score (nSPS) is 14.9. The predicted molar refractivity (Wildman–Crippen MR) is 119 cm³/mol. The number of aromatic nitrogens is 4. The molecular weight excluding hydrogens is 400 g/mol. The zero-order chi connectivity index (χ0) is 21.7. The van der Waals surface area contributed by atoms with Gasteiger partial charge in [0, 0.05) is 34.3 Å². The highest BCUT2D eigenvalue weighted by atomic mass is 14.9. The van der Waals surface area contributed by atoms with Crippen LogP contribution in [-0.4, -0.2) is 31.4 Å². The molecule has 0 saturated carbocycles. The summed E-state index contributed by atoms with van der Waals surface area (Å²) in [5, 5.41) is 20.3. The number of aliphatic imine (C=N–C) groups is 2. The molecule has 1 aliphatic carbocycles. The van der Waals surface area contributed by atoms with Crippen molar-refractivity contribution in [2.75, 3.05) is 0 Å². The standard InChI is InChI=1S/C24H10N8/c25-11-29-17-13-5-1-2-6-14(13)18(30-12-26)24-23(17)31-21-15-7-3-9-27-19(15)20-16(22(21)32-24)8-4-10-28-20/h1-10H. The van der Waals surface area contributed by atoms with Gasteiger partial charge in [0.15, 0.2) is 0 Å². The molecule has 8 heteroatoms. The van der Waals surface area contributed by atoms with Crippen molar-refractivity contribution in [3.05, 3.63) is 83.4 Å². The van der Waals surface area contributed by atoms with Gasteiger partial charge in [0.2, 0.25) is 12.4 Å². The first-order valence-corrected chi connectivity index (χ1v) is 9.69. The van der Waals surface area contributed by atoms with Crippen LogP contribution < -0.4 is 0 Å². The molecule has 0 unspecified atom stereocenters. The molecule has 8 nitrogen and oxygen atoms in total. The topological polar surface area (TPSA) is 124 Å². The highest BCUT2D eigenvalue weighted by Crippen LogP contribution is 2.34. The van der Waals surface area contributed by atoms with Gasteiger partial charge >= 0.3 is 0 Å². The monoisotopic (exact) mass is 410 g/mol. The minimum absolute atomic E-state index is 0.396. The number of benzene rings is 2. The summed E-state index contributed by atoms with van der Waals surface area (Å²) < 4.78 is 0. The fourth-order valence-corrected chi connectivity index (χ4v) is 4.19. The van der Waals surface area contributed by atoms with E-state index in [9.17, 15) is 10.5 Å². The molecule has 0 spiro atoms. The van der Waals surface area contributed by atoms with Crippen molar-refractivity contribution >= 4 is 44.3 Å². The molecule has 0 fully saturated rings. The van der Waals surface area contributed by atoms with E-state index in [1.54, 1.807) is 12.4 Å². The van der Waals surface area contributed by atoms with E-state index in [4.69, 9.17) is 9.97 Å². The van der Waals surface area contributed by atoms with Gasteiger partial charge in [-0.15, -0.1) is 0 Å². The van der Waals surface area contributed by atoms with E-state index < -0.39 is 0 Å². The molecule has 0 atom stereocenters. The van der Waals surface area contributed by atoms with Crippen LogP contribution in [-0.2, 0) is 0 Å². The van der Waals surface area contributed by atoms with Gasteiger partial charge in [0.05, 0.1) is 22.1 Å². The summed E-state index contributed by atoms with van der Waals surface area (Å²) in [5.74, 6) is 0. The Hall–Kier alpha value is -5.08. The number of fused-ring (bicyclic) bond motifs is 8. The molecule has 32 heavy (non-hydrogen) atoms. The van der Waals surface area contributed by atoms with E-state index in [0.717, 1.165) is 10.8 Å². The summed E-state index contributed by atoms with van der Waals surface area (Å²) in [4.78, 5) is 27.0. The molecule has 1 aliphatic rings. The minimum atomic E-state index is 0.396. The van der Waals surface area contributed by atoms with Crippen LogP contribution in [0, 0.1) is 22.9 Å². The Bertz CT molecular complexity index is 1620. The maximum absolute atomic E-state index is 9.38. The zero-order valence-corrected chi connectivity index (χ0v) is 16.4. The van der Waals surface area contributed by atoms with Gasteiger partial charge in [-0.1, -0.05) is 24.3 Å². The van der Waals surface area contributed by atoms with Crippen molar-refractivity contribution in [3.63, 3.8) is 0 Å². The van der Waals surface area contributed by atoms with Crippen LogP contribution in [0.15, 0.2) is 70.9 Å². The molecule has 6 rings (SSSR count). The maximum atomic E-state index is 9.38. The second-order valence-corrected chi connectivity index (χ2v) is 7.08. The summed E-state index contributed by atoms with van der Waals surface area (Å²) >= 11 is 0. The minimum Gasteiger partial charge on any atom is -0.254 e. The molecule has 146 valence electrons. The highest BCUT2D eigenvalue weighted by Gasteiger charge is 2.31. The Morgan fingerprint density at radius 1 is 0.594 bits per heavy atom. The number of hydrogen-bond donors (Lipinski definition) is 0. The summed E-state index contributed by atoms with van der Waals surface area (Å²) in [7, 11) is 0. The van der Waals surface area contributed by atoms with Crippen molar-refractivity contribution < 1.29 is 0 Å². The lowest BCUT2D eigenvalue weighted by atomic mass is 9.88. The molecule has 0 bridgehead atoms. The Morgan fingerprint density at radius 3 is 1.50 bits per heavy atom. The third-order valence-electron chi connectivity index (χ3n) is 5.46. The van der Waals surface area contributed by atoms with Gasteiger partial charge in [-0.2, -0.15) is 20.5 Å². The largest absolute Gasteiger partial charge is 0.254 e. The van der Waals surface area contributed by atoms with Crippen molar-refractivity contribution in [2.45, 2.75) is 0 Å². The molecule has 0 saturated heterocycles. The lowest BCUT2D eigenvalue weighted by Crippen LogP contribution is -2.25. The molecule has 3 heterocycles. The fraction of sp³-hybridized carbons (Fsp3) is 0. The number of nitriles is 2. The van der Waals surface area contributed by atoms with E-state index in [1.807, 2.05) is 60.9 Å². The molecule has 5 aromatic rings. The third kappa shape index (κ3) is 2.35. The summed E-state index contributed by atoms with van der Waals surface area (Å²) in [6.45, 7) is 0. The molecule has 0 amide bonds. The van der Waals surface area contributed by atoms with Crippen LogP contribution in [0.2, 0.25) is 0 Å². The van der Waals surface area contributed by atoms with Crippen LogP contribution in [0.5, 0.6) is 0 Å². The van der Waals surface area contributed by atoms with Crippen LogP contribution in [0.25, 0.3) is 32.8 Å². The number of rotatable bonds is 0. The van der Waals surface area contributed by atoms with E-state index in [1.165, 1.54) is 0 Å². The van der Waals surface area contributed by atoms with Gasteiger partial charge in [-0.05, 0) is 24.3 Å². The van der Waals surface area contributed by atoms with Gasteiger partial charge in [0.1, 0.15) is 22.8 Å². The average molecular weight is 410 g/mol. The lowest BCUT2D eigenvalue weighted by Gasteiger charge is -2.21. The van der Waals surface area contributed by atoms with Gasteiger partial charge in [-0.25, -0.2) is 9.97 Å². The van der Waals surface area contributed by atoms with Crippen molar-refractivity contribution in [2.24, 2.45) is 9.98 Å².